The van der Waals surface area contributed by atoms with Crippen LogP contribution in [-0.4, -0.2) is 52.1 Å². The molecule has 162 valence electrons. The number of anilines is 3. The third-order valence-electron chi connectivity index (χ3n) is 5.08. The molecular weight excluding hydrogens is 426 g/mol. The number of ether oxygens (including phenoxy) is 1. The van der Waals surface area contributed by atoms with Crippen LogP contribution in [0.15, 0.2) is 42.7 Å². The minimum absolute atomic E-state index is 0.102. The molecule has 0 aliphatic carbocycles. The number of benzene rings is 1. The van der Waals surface area contributed by atoms with Crippen molar-refractivity contribution in [3.05, 3.63) is 42.7 Å². The molecule has 4 aromatic rings. The van der Waals surface area contributed by atoms with Crippen molar-refractivity contribution >= 4 is 44.9 Å². The Labute approximate surface area is 188 Å². The van der Waals surface area contributed by atoms with E-state index in [0.717, 1.165) is 45.3 Å². The van der Waals surface area contributed by atoms with Crippen LogP contribution < -0.4 is 16.0 Å². The van der Waals surface area contributed by atoms with Crippen LogP contribution in [0.1, 0.15) is 6.92 Å². The molecule has 1 aliphatic rings. The normalized spacial score (nSPS) is 14.0. The molecule has 4 heterocycles. The number of rotatable bonds is 4. The minimum atomic E-state index is -0.102. The van der Waals surface area contributed by atoms with E-state index in [1.165, 1.54) is 6.92 Å². The standard InChI is InChI=1S/C22H21N7O2S/c1-13(30)26-16-4-2-3-14(9-16)18-10-17-20(29-5-7-31-8-6-29)27-19(28-21(17)32-18)15-11-24-22(23)25-12-15/h2-4,9-12H,5-8H2,1H3,(H,26,30)(H2,23,24,25). The van der Waals surface area contributed by atoms with E-state index in [-0.39, 0.29) is 11.9 Å². The molecule has 3 aromatic heterocycles. The number of hydrogen-bond donors (Lipinski definition) is 2. The molecule has 0 atom stereocenters. The number of morpholine rings is 1. The maximum Gasteiger partial charge on any atom is 0.221 e. The van der Waals surface area contributed by atoms with Gasteiger partial charge in [0.15, 0.2) is 5.82 Å². The fraction of sp³-hybridized carbons (Fsp3) is 0.227. The van der Waals surface area contributed by atoms with E-state index >= 15 is 0 Å². The zero-order valence-corrected chi connectivity index (χ0v) is 18.2. The molecule has 1 aliphatic heterocycles. The van der Waals surface area contributed by atoms with Gasteiger partial charge in [-0.2, -0.15) is 0 Å². The van der Waals surface area contributed by atoms with E-state index in [9.17, 15) is 4.79 Å². The zero-order chi connectivity index (χ0) is 22.1. The molecule has 5 rings (SSSR count). The second-order valence-electron chi connectivity index (χ2n) is 7.39. The Morgan fingerprint density at radius 1 is 1.12 bits per heavy atom. The summed E-state index contributed by atoms with van der Waals surface area (Å²) in [6, 6.07) is 9.89. The second-order valence-corrected chi connectivity index (χ2v) is 8.42. The summed E-state index contributed by atoms with van der Waals surface area (Å²) in [5.41, 5.74) is 8.11. The van der Waals surface area contributed by atoms with Gasteiger partial charge in [-0.3, -0.25) is 4.79 Å². The Balaban J connectivity index is 1.63. The molecule has 0 radical (unpaired) electrons. The fourth-order valence-electron chi connectivity index (χ4n) is 3.60. The smallest absolute Gasteiger partial charge is 0.221 e. The lowest BCUT2D eigenvalue weighted by Crippen LogP contribution is -2.37. The van der Waals surface area contributed by atoms with Crippen LogP contribution in [0.25, 0.3) is 32.0 Å². The molecule has 0 unspecified atom stereocenters. The van der Waals surface area contributed by atoms with Gasteiger partial charge in [0.05, 0.1) is 24.2 Å². The summed E-state index contributed by atoms with van der Waals surface area (Å²) in [7, 11) is 0. The number of amides is 1. The van der Waals surface area contributed by atoms with Gasteiger partial charge in [0.2, 0.25) is 11.9 Å². The summed E-state index contributed by atoms with van der Waals surface area (Å²) in [4.78, 5) is 33.4. The predicted molar refractivity (Wildman–Crippen MR) is 126 cm³/mol. The number of aromatic nitrogens is 4. The molecule has 0 spiro atoms. The summed E-state index contributed by atoms with van der Waals surface area (Å²) in [5.74, 6) is 1.53. The zero-order valence-electron chi connectivity index (χ0n) is 17.4. The lowest BCUT2D eigenvalue weighted by Gasteiger charge is -2.28. The third-order valence-corrected chi connectivity index (χ3v) is 6.16. The van der Waals surface area contributed by atoms with Crippen molar-refractivity contribution < 1.29 is 9.53 Å². The van der Waals surface area contributed by atoms with Gasteiger partial charge in [-0.1, -0.05) is 12.1 Å². The van der Waals surface area contributed by atoms with E-state index in [1.807, 2.05) is 24.3 Å². The van der Waals surface area contributed by atoms with Crippen molar-refractivity contribution in [1.29, 1.82) is 0 Å². The Bertz CT molecular complexity index is 1280. The van der Waals surface area contributed by atoms with E-state index in [4.69, 9.17) is 20.4 Å². The predicted octanol–water partition coefficient (Wildman–Crippen LogP) is 3.19. The number of carbonyl (C=O) groups is 1. The van der Waals surface area contributed by atoms with Crippen LogP contribution >= 0.6 is 11.3 Å². The molecule has 1 fully saturated rings. The number of carbonyl (C=O) groups excluding carboxylic acids is 1. The maximum atomic E-state index is 11.5. The Hall–Kier alpha value is -3.63. The Morgan fingerprint density at radius 2 is 1.91 bits per heavy atom. The third kappa shape index (κ3) is 4.10. The number of hydrogen-bond acceptors (Lipinski definition) is 9. The van der Waals surface area contributed by atoms with Crippen LogP contribution in [0, 0.1) is 0 Å². The van der Waals surface area contributed by atoms with Crippen molar-refractivity contribution in [3.63, 3.8) is 0 Å². The van der Waals surface area contributed by atoms with E-state index in [2.05, 4.69) is 26.3 Å². The van der Waals surface area contributed by atoms with Gasteiger partial charge >= 0.3 is 0 Å². The Morgan fingerprint density at radius 3 is 2.66 bits per heavy atom. The molecular formula is C22H21N7O2S. The van der Waals surface area contributed by atoms with E-state index < -0.39 is 0 Å². The van der Waals surface area contributed by atoms with E-state index in [0.29, 0.717) is 24.6 Å². The van der Waals surface area contributed by atoms with Crippen molar-refractivity contribution in [1.82, 2.24) is 19.9 Å². The molecule has 10 heteroatoms. The summed E-state index contributed by atoms with van der Waals surface area (Å²) < 4.78 is 5.53. The van der Waals surface area contributed by atoms with Crippen LogP contribution in [0.5, 0.6) is 0 Å². The fourth-order valence-corrected chi connectivity index (χ4v) is 4.62. The monoisotopic (exact) mass is 447 g/mol. The molecule has 3 N–H and O–H groups in total. The highest BCUT2D eigenvalue weighted by Gasteiger charge is 2.20. The number of nitrogen functional groups attached to an aromatic ring is 1. The van der Waals surface area contributed by atoms with Crippen LogP contribution in [0.4, 0.5) is 17.5 Å². The van der Waals surface area contributed by atoms with Crippen molar-refractivity contribution in [2.45, 2.75) is 6.92 Å². The average molecular weight is 448 g/mol. The lowest BCUT2D eigenvalue weighted by molar-refractivity contribution is -0.114. The van der Waals surface area contributed by atoms with Gasteiger partial charge in [-0.25, -0.2) is 19.9 Å². The first kappa shape index (κ1) is 20.3. The lowest BCUT2D eigenvalue weighted by atomic mass is 10.1. The highest BCUT2D eigenvalue weighted by atomic mass is 32.1. The average Bonchev–Trinajstić information content (AvgIpc) is 3.24. The molecule has 32 heavy (non-hydrogen) atoms. The largest absolute Gasteiger partial charge is 0.378 e. The number of nitrogens with zero attached hydrogens (tertiary/aromatic N) is 5. The maximum absolute atomic E-state index is 11.5. The topological polar surface area (TPSA) is 119 Å². The summed E-state index contributed by atoms with van der Waals surface area (Å²) in [6.07, 6.45) is 3.27. The SMILES string of the molecule is CC(=O)Nc1cccc(-c2cc3c(N4CCOCC4)nc(-c4cnc(N)nc4)nc3s2)c1. The van der Waals surface area contributed by atoms with Crippen molar-refractivity contribution in [2.24, 2.45) is 0 Å². The molecule has 9 nitrogen and oxygen atoms in total. The molecule has 0 saturated carbocycles. The van der Waals surface area contributed by atoms with Gasteiger partial charge in [0, 0.05) is 43.0 Å². The van der Waals surface area contributed by atoms with Crippen LogP contribution in [0.3, 0.4) is 0 Å². The van der Waals surface area contributed by atoms with Gasteiger partial charge in [-0.05, 0) is 23.8 Å². The number of thiophene rings is 1. The highest BCUT2D eigenvalue weighted by molar-refractivity contribution is 7.22. The summed E-state index contributed by atoms with van der Waals surface area (Å²) in [5, 5.41) is 3.82. The highest BCUT2D eigenvalue weighted by Crippen LogP contribution is 2.38. The van der Waals surface area contributed by atoms with Crippen LogP contribution in [0.2, 0.25) is 0 Å². The van der Waals surface area contributed by atoms with Gasteiger partial charge in [0.1, 0.15) is 10.6 Å². The van der Waals surface area contributed by atoms with Gasteiger partial charge in [-0.15, -0.1) is 11.3 Å². The molecule has 1 saturated heterocycles. The number of nitrogens with two attached hydrogens (primary N) is 1. The molecule has 1 aromatic carbocycles. The first-order chi connectivity index (χ1) is 15.6. The minimum Gasteiger partial charge on any atom is -0.378 e. The van der Waals surface area contributed by atoms with Gasteiger partial charge in [0.25, 0.3) is 0 Å². The summed E-state index contributed by atoms with van der Waals surface area (Å²) >= 11 is 1.58. The van der Waals surface area contributed by atoms with Crippen LogP contribution in [-0.2, 0) is 9.53 Å². The van der Waals surface area contributed by atoms with Crippen molar-refractivity contribution in [3.8, 4) is 21.8 Å². The van der Waals surface area contributed by atoms with Gasteiger partial charge < -0.3 is 20.7 Å². The second kappa shape index (κ2) is 8.48. The molecule has 0 bridgehead atoms. The quantitative estimate of drug-likeness (QED) is 0.490. The summed E-state index contributed by atoms with van der Waals surface area (Å²) in [6.45, 7) is 4.32. The number of fused-ring (bicyclic) bond motifs is 1. The van der Waals surface area contributed by atoms with Crippen molar-refractivity contribution in [2.75, 3.05) is 42.3 Å². The number of nitrogens with one attached hydrogen (secondary N) is 1. The van der Waals surface area contributed by atoms with E-state index in [1.54, 1.807) is 23.7 Å². The molecule has 1 amide bonds. The first-order valence-corrected chi connectivity index (χ1v) is 11.0. The first-order valence-electron chi connectivity index (χ1n) is 10.2. The Kier molecular flexibility index (Phi) is 5.38.